The van der Waals surface area contributed by atoms with E-state index >= 15 is 0 Å². The van der Waals surface area contributed by atoms with Crippen molar-refractivity contribution in [3.05, 3.63) is 59.4 Å². The summed E-state index contributed by atoms with van der Waals surface area (Å²) in [7, 11) is 0. The maximum atomic E-state index is 12.3. The molecular formula is C19H21N3O2. The number of hydrogen-bond donors (Lipinski definition) is 2. The first kappa shape index (κ1) is 16.2. The van der Waals surface area contributed by atoms with Crippen LogP contribution in [0.25, 0.3) is 0 Å². The van der Waals surface area contributed by atoms with Crippen molar-refractivity contribution in [1.82, 2.24) is 10.3 Å². The van der Waals surface area contributed by atoms with Crippen LogP contribution in [-0.2, 0) is 16.1 Å². The summed E-state index contributed by atoms with van der Waals surface area (Å²) in [4.78, 5) is 28.4. The lowest BCUT2D eigenvalue weighted by molar-refractivity contribution is -0.125. The van der Waals surface area contributed by atoms with Gasteiger partial charge < -0.3 is 10.6 Å². The Labute approximate surface area is 141 Å². The van der Waals surface area contributed by atoms with Gasteiger partial charge >= 0.3 is 0 Å². The number of carbonyl (C=O) groups excluding carboxylic acids is 2. The quantitative estimate of drug-likeness (QED) is 0.888. The van der Waals surface area contributed by atoms with E-state index in [1.165, 1.54) is 0 Å². The molecular weight excluding hydrogens is 302 g/mol. The van der Waals surface area contributed by atoms with E-state index in [0.29, 0.717) is 13.0 Å². The predicted molar refractivity (Wildman–Crippen MR) is 92.2 cm³/mol. The van der Waals surface area contributed by atoms with E-state index in [1.54, 1.807) is 12.4 Å². The fourth-order valence-electron chi connectivity index (χ4n) is 2.77. The summed E-state index contributed by atoms with van der Waals surface area (Å²) in [6.07, 6.45) is 4.00. The molecule has 0 radical (unpaired) electrons. The third kappa shape index (κ3) is 3.79. The Morgan fingerprint density at radius 2 is 1.79 bits per heavy atom. The van der Waals surface area contributed by atoms with Gasteiger partial charge in [-0.1, -0.05) is 17.7 Å². The molecule has 5 heteroatoms. The van der Waals surface area contributed by atoms with Crippen molar-refractivity contribution in [2.24, 2.45) is 11.8 Å². The molecule has 2 amide bonds. The monoisotopic (exact) mass is 323 g/mol. The van der Waals surface area contributed by atoms with Crippen LogP contribution in [0.1, 0.15) is 23.1 Å². The molecule has 1 fully saturated rings. The number of rotatable bonds is 5. The van der Waals surface area contributed by atoms with E-state index in [2.05, 4.69) is 15.6 Å². The molecule has 2 aromatic rings. The van der Waals surface area contributed by atoms with E-state index in [9.17, 15) is 9.59 Å². The van der Waals surface area contributed by atoms with E-state index in [-0.39, 0.29) is 23.7 Å². The summed E-state index contributed by atoms with van der Waals surface area (Å²) in [5.74, 6) is -0.598. The van der Waals surface area contributed by atoms with Crippen LogP contribution in [0.3, 0.4) is 0 Å². The first-order valence-corrected chi connectivity index (χ1v) is 8.09. The zero-order chi connectivity index (χ0) is 17.1. The van der Waals surface area contributed by atoms with Gasteiger partial charge in [0, 0.05) is 24.6 Å². The number of hydrogen-bond acceptors (Lipinski definition) is 3. The van der Waals surface area contributed by atoms with Gasteiger partial charge in [0.1, 0.15) is 0 Å². The third-order valence-electron chi connectivity index (χ3n) is 4.32. The van der Waals surface area contributed by atoms with Crippen molar-refractivity contribution in [2.75, 3.05) is 5.32 Å². The van der Waals surface area contributed by atoms with E-state index in [0.717, 1.165) is 22.4 Å². The molecule has 0 bridgehead atoms. The highest BCUT2D eigenvalue weighted by Gasteiger charge is 2.47. The molecule has 1 aliphatic carbocycles. The van der Waals surface area contributed by atoms with E-state index < -0.39 is 0 Å². The van der Waals surface area contributed by atoms with Crippen molar-refractivity contribution in [2.45, 2.75) is 26.8 Å². The summed E-state index contributed by atoms with van der Waals surface area (Å²) in [6.45, 7) is 4.44. The Morgan fingerprint density at radius 3 is 2.50 bits per heavy atom. The smallest absolute Gasteiger partial charge is 0.228 e. The lowest BCUT2D eigenvalue weighted by Crippen LogP contribution is -2.27. The zero-order valence-corrected chi connectivity index (χ0v) is 13.9. The number of anilines is 1. The number of amides is 2. The summed E-state index contributed by atoms with van der Waals surface area (Å²) >= 11 is 0. The summed E-state index contributed by atoms with van der Waals surface area (Å²) < 4.78 is 0. The Kier molecular flexibility index (Phi) is 4.60. The number of nitrogens with zero attached hydrogens (tertiary/aromatic N) is 1. The molecule has 0 aliphatic heterocycles. The fraction of sp³-hybridized carbons (Fsp3) is 0.316. The number of benzene rings is 1. The molecule has 124 valence electrons. The van der Waals surface area contributed by atoms with Crippen LogP contribution in [0.4, 0.5) is 5.69 Å². The largest absolute Gasteiger partial charge is 0.352 e. The average molecular weight is 323 g/mol. The molecule has 1 heterocycles. The highest BCUT2D eigenvalue weighted by molar-refractivity contribution is 5.99. The highest BCUT2D eigenvalue weighted by atomic mass is 16.2. The molecule has 5 nitrogen and oxygen atoms in total. The Balaban J connectivity index is 1.51. The third-order valence-corrected chi connectivity index (χ3v) is 4.32. The molecule has 1 saturated carbocycles. The van der Waals surface area contributed by atoms with Crippen molar-refractivity contribution < 1.29 is 9.59 Å². The first-order chi connectivity index (χ1) is 11.5. The SMILES string of the molecule is Cc1ccc(NC(=O)C2CC2C(=O)NCc2ccncc2)c(C)c1. The first-order valence-electron chi connectivity index (χ1n) is 8.09. The van der Waals surface area contributed by atoms with Gasteiger partial charge in [0.15, 0.2) is 0 Å². The molecule has 3 rings (SSSR count). The van der Waals surface area contributed by atoms with Gasteiger partial charge in [0.2, 0.25) is 11.8 Å². The van der Waals surface area contributed by atoms with Gasteiger partial charge in [-0.3, -0.25) is 14.6 Å². The Morgan fingerprint density at radius 1 is 1.08 bits per heavy atom. The van der Waals surface area contributed by atoms with Crippen LogP contribution in [-0.4, -0.2) is 16.8 Å². The minimum Gasteiger partial charge on any atom is -0.352 e. The number of carbonyl (C=O) groups is 2. The summed E-state index contributed by atoms with van der Waals surface area (Å²) in [6, 6.07) is 9.62. The van der Waals surface area contributed by atoms with Gasteiger partial charge in [-0.2, -0.15) is 0 Å². The molecule has 1 aromatic heterocycles. The highest BCUT2D eigenvalue weighted by Crippen LogP contribution is 2.39. The van der Waals surface area contributed by atoms with Crippen molar-refractivity contribution in [3.63, 3.8) is 0 Å². The van der Waals surface area contributed by atoms with Crippen LogP contribution in [0.5, 0.6) is 0 Å². The van der Waals surface area contributed by atoms with Crippen molar-refractivity contribution in [3.8, 4) is 0 Å². The standard InChI is InChI=1S/C19H21N3O2/c1-12-3-4-17(13(2)9-12)22-19(24)16-10-15(16)18(23)21-11-14-5-7-20-8-6-14/h3-9,15-16H,10-11H2,1-2H3,(H,21,23)(H,22,24). The normalized spacial score (nSPS) is 18.8. The lowest BCUT2D eigenvalue weighted by Gasteiger charge is -2.09. The van der Waals surface area contributed by atoms with Gasteiger partial charge in [0.25, 0.3) is 0 Å². The fourth-order valence-corrected chi connectivity index (χ4v) is 2.77. The van der Waals surface area contributed by atoms with Crippen LogP contribution < -0.4 is 10.6 Å². The molecule has 2 atom stereocenters. The summed E-state index contributed by atoms with van der Waals surface area (Å²) in [5.41, 5.74) is 4.00. The molecule has 0 saturated heterocycles. The van der Waals surface area contributed by atoms with Crippen molar-refractivity contribution in [1.29, 1.82) is 0 Å². The molecule has 2 unspecified atom stereocenters. The molecule has 24 heavy (non-hydrogen) atoms. The minimum atomic E-state index is -0.233. The maximum absolute atomic E-state index is 12.3. The van der Waals surface area contributed by atoms with E-state index in [1.807, 2.05) is 44.2 Å². The second-order valence-electron chi connectivity index (χ2n) is 6.33. The lowest BCUT2D eigenvalue weighted by atomic mass is 10.1. The van der Waals surface area contributed by atoms with Gasteiger partial charge in [-0.25, -0.2) is 0 Å². The number of nitrogens with one attached hydrogen (secondary N) is 2. The number of aromatic nitrogens is 1. The van der Waals surface area contributed by atoms with Gasteiger partial charge in [0.05, 0.1) is 11.8 Å². The number of pyridine rings is 1. The minimum absolute atomic E-state index is 0.0624. The summed E-state index contributed by atoms with van der Waals surface area (Å²) in [5, 5.41) is 5.81. The Hall–Kier alpha value is -2.69. The second kappa shape index (κ2) is 6.83. The van der Waals surface area contributed by atoms with Crippen LogP contribution >= 0.6 is 0 Å². The molecule has 1 aromatic carbocycles. The molecule has 1 aliphatic rings. The van der Waals surface area contributed by atoms with Crippen LogP contribution in [0.15, 0.2) is 42.7 Å². The van der Waals surface area contributed by atoms with Crippen molar-refractivity contribution >= 4 is 17.5 Å². The van der Waals surface area contributed by atoms with E-state index in [4.69, 9.17) is 0 Å². The Bertz CT molecular complexity index is 758. The van der Waals surface area contributed by atoms with Crippen LogP contribution in [0.2, 0.25) is 0 Å². The molecule has 0 spiro atoms. The molecule has 2 N–H and O–H groups in total. The average Bonchev–Trinajstić information content (AvgIpc) is 3.37. The predicted octanol–water partition coefficient (Wildman–Crippen LogP) is 2.59. The number of aryl methyl sites for hydroxylation is 2. The maximum Gasteiger partial charge on any atom is 0.228 e. The topological polar surface area (TPSA) is 71.1 Å². The van der Waals surface area contributed by atoms with Gasteiger partial charge in [-0.05, 0) is 49.6 Å². The zero-order valence-electron chi connectivity index (χ0n) is 13.9. The second-order valence-corrected chi connectivity index (χ2v) is 6.33. The van der Waals surface area contributed by atoms with Crippen LogP contribution in [0, 0.1) is 25.7 Å². The van der Waals surface area contributed by atoms with Gasteiger partial charge in [-0.15, -0.1) is 0 Å².